The van der Waals surface area contributed by atoms with Crippen LogP contribution in [0.3, 0.4) is 0 Å². The number of aryl methyl sites for hydroxylation is 2. The highest BCUT2D eigenvalue weighted by atomic mass is 19.4. The molecule has 1 saturated carbocycles. The van der Waals surface area contributed by atoms with Crippen molar-refractivity contribution in [3.8, 4) is 0 Å². The van der Waals surface area contributed by atoms with E-state index in [0.717, 1.165) is 11.1 Å². The second-order valence-electron chi connectivity index (χ2n) is 7.04. The van der Waals surface area contributed by atoms with Gasteiger partial charge in [-0.05, 0) is 50.7 Å². The van der Waals surface area contributed by atoms with Crippen molar-refractivity contribution in [2.24, 2.45) is 5.92 Å². The van der Waals surface area contributed by atoms with Gasteiger partial charge in [-0.25, -0.2) is 0 Å². The molecule has 1 unspecified atom stereocenters. The Labute approximate surface area is 138 Å². The van der Waals surface area contributed by atoms with Crippen LogP contribution in [0.5, 0.6) is 0 Å². The standard InChI is InChI=1S/C18H20F3NO2/c1-10-3-4-13(11(2)9-10)14-15(23)17(22-16(14)24)7-5-12(6-8-17)18(19,20)21/h3-4,9,12,14H,5-8H2,1-2H3,(H,22,24). The van der Waals surface area contributed by atoms with Crippen LogP contribution in [-0.4, -0.2) is 23.4 Å². The summed E-state index contributed by atoms with van der Waals surface area (Å²) in [5, 5.41) is 2.73. The largest absolute Gasteiger partial charge is 0.391 e. The number of Topliss-reactive ketones (excluding diaryl/α,β-unsaturated/α-hetero) is 1. The number of carbonyl (C=O) groups excluding carboxylic acids is 2. The molecule has 3 nitrogen and oxygen atoms in total. The molecule has 6 heteroatoms. The highest BCUT2D eigenvalue weighted by molar-refractivity contribution is 6.17. The Morgan fingerprint density at radius 2 is 1.75 bits per heavy atom. The van der Waals surface area contributed by atoms with Gasteiger partial charge in [0.25, 0.3) is 0 Å². The zero-order valence-corrected chi connectivity index (χ0v) is 13.7. The van der Waals surface area contributed by atoms with E-state index in [4.69, 9.17) is 0 Å². The number of carbonyl (C=O) groups is 2. The molecule has 0 bridgehead atoms. The van der Waals surface area contributed by atoms with Crippen LogP contribution in [0.2, 0.25) is 0 Å². The number of ketones is 1. The van der Waals surface area contributed by atoms with Gasteiger partial charge in [0.05, 0.1) is 11.5 Å². The number of hydrogen-bond donors (Lipinski definition) is 1. The zero-order chi connectivity index (χ0) is 17.7. The lowest BCUT2D eigenvalue weighted by molar-refractivity contribution is -0.185. The molecule has 0 radical (unpaired) electrons. The topological polar surface area (TPSA) is 46.2 Å². The van der Waals surface area contributed by atoms with Crippen molar-refractivity contribution in [2.75, 3.05) is 0 Å². The lowest BCUT2D eigenvalue weighted by atomic mass is 9.72. The van der Waals surface area contributed by atoms with Crippen molar-refractivity contribution in [3.63, 3.8) is 0 Å². The monoisotopic (exact) mass is 339 g/mol. The van der Waals surface area contributed by atoms with Crippen LogP contribution < -0.4 is 5.32 Å². The lowest BCUT2D eigenvalue weighted by Gasteiger charge is -2.36. The van der Waals surface area contributed by atoms with Gasteiger partial charge in [0.15, 0.2) is 5.78 Å². The Morgan fingerprint density at radius 3 is 2.29 bits per heavy atom. The number of rotatable bonds is 1. The van der Waals surface area contributed by atoms with Crippen LogP contribution >= 0.6 is 0 Å². The first-order valence-electron chi connectivity index (χ1n) is 8.14. The number of amides is 1. The van der Waals surface area contributed by atoms with E-state index in [1.807, 2.05) is 26.0 Å². The third-order valence-corrected chi connectivity index (χ3v) is 5.40. The minimum atomic E-state index is -4.24. The second-order valence-corrected chi connectivity index (χ2v) is 7.04. The fraction of sp³-hybridized carbons (Fsp3) is 0.556. The van der Waals surface area contributed by atoms with E-state index in [2.05, 4.69) is 5.32 Å². The van der Waals surface area contributed by atoms with Crippen molar-refractivity contribution < 1.29 is 22.8 Å². The summed E-state index contributed by atoms with van der Waals surface area (Å²) < 4.78 is 38.6. The minimum Gasteiger partial charge on any atom is -0.343 e. The molecule has 2 fully saturated rings. The molecule has 1 aromatic rings. The maximum absolute atomic E-state index is 12.9. The van der Waals surface area contributed by atoms with Crippen molar-refractivity contribution in [2.45, 2.75) is 57.2 Å². The molecule has 1 aromatic carbocycles. The average molecular weight is 339 g/mol. The first kappa shape index (κ1) is 17.0. The second kappa shape index (κ2) is 5.60. The molecule has 2 aliphatic rings. The molecule has 130 valence electrons. The van der Waals surface area contributed by atoms with Crippen molar-refractivity contribution in [1.29, 1.82) is 0 Å². The summed E-state index contributed by atoms with van der Waals surface area (Å²) in [6, 6.07) is 5.52. The molecular weight excluding hydrogens is 319 g/mol. The molecule has 24 heavy (non-hydrogen) atoms. The van der Waals surface area contributed by atoms with Crippen molar-refractivity contribution >= 4 is 11.7 Å². The molecule has 1 heterocycles. The van der Waals surface area contributed by atoms with Crippen LogP contribution in [-0.2, 0) is 9.59 Å². The van der Waals surface area contributed by atoms with Crippen LogP contribution in [0.4, 0.5) is 13.2 Å². The minimum absolute atomic E-state index is 0.0587. The van der Waals surface area contributed by atoms with Gasteiger partial charge in [-0.3, -0.25) is 9.59 Å². The molecule has 1 amide bonds. The third kappa shape index (κ3) is 2.72. The van der Waals surface area contributed by atoms with Gasteiger partial charge < -0.3 is 5.32 Å². The number of benzene rings is 1. The number of alkyl halides is 3. The SMILES string of the molecule is Cc1ccc(C2C(=O)NC3(CCC(C(F)(F)F)CC3)C2=O)c(C)c1. The van der Waals surface area contributed by atoms with E-state index >= 15 is 0 Å². The first-order chi connectivity index (χ1) is 11.1. The van der Waals surface area contributed by atoms with Crippen LogP contribution in [0.15, 0.2) is 18.2 Å². The molecule has 1 N–H and O–H groups in total. The van der Waals surface area contributed by atoms with Gasteiger partial charge in [-0.2, -0.15) is 13.2 Å². The van der Waals surface area contributed by atoms with Crippen LogP contribution in [0.25, 0.3) is 0 Å². The summed E-state index contributed by atoms with van der Waals surface area (Å²) in [5.41, 5.74) is 1.41. The Hall–Kier alpha value is -1.85. The molecule has 1 atom stereocenters. The summed E-state index contributed by atoms with van der Waals surface area (Å²) in [6.45, 7) is 3.77. The fourth-order valence-corrected chi connectivity index (χ4v) is 4.01. The third-order valence-electron chi connectivity index (χ3n) is 5.40. The van der Waals surface area contributed by atoms with Crippen molar-refractivity contribution in [1.82, 2.24) is 5.32 Å². The van der Waals surface area contributed by atoms with E-state index < -0.39 is 29.5 Å². The molecule has 1 saturated heterocycles. The smallest absolute Gasteiger partial charge is 0.343 e. The Balaban J connectivity index is 1.85. The van der Waals surface area contributed by atoms with E-state index in [9.17, 15) is 22.8 Å². The van der Waals surface area contributed by atoms with Gasteiger partial charge in [-0.15, -0.1) is 0 Å². The molecule has 3 rings (SSSR count). The summed E-state index contributed by atoms with van der Waals surface area (Å²) in [4.78, 5) is 25.3. The van der Waals surface area contributed by atoms with Crippen LogP contribution in [0, 0.1) is 19.8 Å². The Morgan fingerprint density at radius 1 is 1.12 bits per heavy atom. The molecule has 1 aliphatic heterocycles. The summed E-state index contributed by atoms with van der Waals surface area (Å²) in [5.74, 6) is -2.96. The zero-order valence-electron chi connectivity index (χ0n) is 13.7. The van der Waals surface area contributed by atoms with Crippen molar-refractivity contribution in [3.05, 3.63) is 34.9 Å². The van der Waals surface area contributed by atoms with Crippen LogP contribution in [0.1, 0.15) is 48.3 Å². The number of nitrogens with one attached hydrogen (secondary N) is 1. The maximum Gasteiger partial charge on any atom is 0.391 e. The summed E-state index contributed by atoms with van der Waals surface area (Å²) >= 11 is 0. The molecular formula is C18H20F3NO2. The van der Waals surface area contributed by atoms with E-state index in [-0.39, 0.29) is 31.5 Å². The lowest BCUT2D eigenvalue weighted by Crippen LogP contribution is -2.50. The van der Waals surface area contributed by atoms with Gasteiger partial charge in [0, 0.05) is 0 Å². The predicted octanol–water partition coefficient (Wildman–Crippen LogP) is 3.58. The quantitative estimate of drug-likeness (QED) is 0.795. The number of halogens is 3. The van der Waals surface area contributed by atoms with E-state index in [1.165, 1.54) is 0 Å². The summed E-state index contributed by atoms with van der Waals surface area (Å²) in [6.07, 6.45) is -4.35. The Bertz CT molecular complexity index is 688. The summed E-state index contributed by atoms with van der Waals surface area (Å²) in [7, 11) is 0. The van der Waals surface area contributed by atoms with Gasteiger partial charge in [0.1, 0.15) is 5.92 Å². The fourth-order valence-electron chi connectivity index (χ4n) is 4.01. The molecule has 1 spiro atoms. The first-order valence-corrected chi connectivity index (χ1v) is 8.14. The predicted molar refractivity (Wildman–Crippen MR) is 82.6 cm³/mol. The van der Waals surface area contributed by atoms with E-state index in [1.54, 1.807) is 6.07 Å². The van der Waals surface area contributed by atoms with Gasteiger partial charge in [-0.1, -0.05) is 23.8 Å². The van der Waals surface area contributed by atoms with Gasteiger partial charge >= 0.3 is 6.18 Å². The van der Waals surface area contributed by atoms with Gasteiger partial charge in [0.2, 0.25) is 5.91 Å². The highest BCUT2D eigenvalue weighted by Gasteiger charge is 2.56. The van der Waals surface area contributed by atoms with E-state index in [0.29, 0.717) is 5.56 Å². The maximum atomic E-state index is 12.9. The average Bonchev–Trinajstić information content (AvgIpc) is 2.70. The normalized spacial score (nSPS) is 30.7. The molecule has 1 aliphatic carbocycles. The number of hydrogen-bond acceptors (Lipinski definition) is 2. The molecule has 0 aromatic heterocycles. The highest BCUT2D eigenvalue weighted by Crippen LogP contribution is 2.45. The Kier molecular flexibility index (Phi) is 3.97.